The van der Waals surface area contributed by atoms with Gasteiger partial charge in [-0.3, -0.25) is 9.59 Å². The number of halogens is 1. The molecule has 5 heteroatoms. The summed E-state index contributed by atoms with van der Waals surface area (Å²) in [5.41, 5.74) is 1.18. The van der Waals surface area contributed by atoms with E-state index >= 15 is 0 Å². The van der Waals surface area contributed by atoms with Crippen LogP contribution >= 0.6 is 15.9 Å². The first-order valence-electron chi connectivity index (χ1n) is 7.25. The van der Waals surface area contributed by atoms with Gasteiger partial charge < -0.3 is 10.6 Å². The molecule has 0 aliphatic heterocycles. The molecule has 0 radical (unpaired) electrons. The number of anilines is 2. The lowest BCUT2D eigenvalue weighted by atomic mass is 9.90. The number of rotatable bonds is 4. The first kappa shape index (κ1) is 17.2. The van der Waals surface area contributed by atoms with Crippen LogP contribution < -0.4 is 10.6 Å². The zero-order valence-electron chi connectivity index (χ0n) is 13.3. The van der Waals surface area contributed by atoms with Crippen LogP contribution in [0, 0.1) is 12.3 Å². The van der Waals surface area contributed by atoms with E-state index in [2.05, 4.69) is 26.6 Å². The molecule has 0 unspecified atom stereocenters. The van der Waals surface area contributed by atoms with E-state index in [-0.39, 0.29) is 11.8 Å². The molecule has 120 valence electrons. The molecule has 0 aromatic heterocycles. The molecule has 2 amide bonds. The third kappa shape index (κ3) is 4.20. The number of carbonyl (C=O) groups excluding carboxylic acids is 2. The lowest BCUT2D eigenvalue weighted by Gasteiger charge is -2.23. The van der Waals surface area contributed by atoms with Crippen molar-refractivity contribution in [2.24, 2.45) is 5.41 Å². The fourth-order valence-corrected chi connectivity index (χ4v) is 2.25. The molecule has 0 aliphatic rings. The van der Waals surface area contributed by atoms with Crippen LogP contribution in [0.3, 0.4) is 0 Å². The Hall–Kier alpha value is -2.14. The number of hydrogen-bond acceptors (Lipinski definition) is 2. The Balaban J connectivity index is 2.09. The van der Waals surface area contributed by atoms with E-state index < -0.39 is 5.41 Å². The minimum atomic E-state index is -1.20. The number of aryl methyl sites for hydroxylation is 1. The maximum atomic E-state index is 12.5. The van der Waals surface area contributed by atoms with E-state index in [0.29, 0.717) is 11.4 Å². The van der Waals surface area contributed by atoms with Gasteiger partial charge in [0.1, 0.15) is 5.41 Å². The monoisotopic (exact) mass is 374 g/mol. The number of nitrogens with one attached hydrogen (secondary N) is 2. The van der Waals surface area contributed by atoms with E-state index in [1.165, 1.54) is 0 Å². The highest BCUT2D eigenvalue weighted by Crippen LogP contribution is 2.24. The lowest BCUT2D eigenvalue weighted by Crippen LogP contribution is -2.41. The first-order valence-corrected chi connectivity index (χ1v) is 8.04. The molecule has 0 bridgehead atoms. The molecule has 2 aromatic carbocycles. The third-order valence-electron chi connectivity index (χ3n) is 3.60. The normalized spacial score (nSPS) is 11.0. The van der Waals surface area contributed by atoms with Crippen LogP contribution in [-0.4, -0.2) is 11.8 Å². The third-order valence-corrected chi connectivity index (χ3v) is 4.45. The van der Waals surface area contributed by atoms with Crippen molar-refractivity contribution in [1.29, 1.82) is 0 Å². The van der Waals surface area contributed by atoms with Gasteiger partial charge in [-0.15, -0.1) is 0 Å². The quantitative estimate of drug-likeness (QED) is 0.780. The van der Waals surface area contributed by atoms with Crippen LogP contribution in [0.4, 0.5) is 11.4 Å². The maximum absolute atomic E-state index is 12.5. The Morgan fingerprint density at radius 1 is 0.913 bits per heavy atom. The molecule has 0 heterocycles. The van der Waals surface area contributed by atoms with Crippen molar-refractivity contribution in [2.45, 2.75) is 20.8 Å². The van der Waals surface area contributed by atoms with Crippen molar-refractivity contribution < 1.29 is 9.59 Å². The molecule has 2 aromatic rings. The molecule has 0 saturated heterocycles. The van der Waals surface area contributed by atoms with Gasteiger partial charge in [0, 0.05) is 15.8 Å². The second-order valence-corrected chi connectivity index (χ2v) is 6.72. The molecule has 0 spiro atoms. The van der Waals surface area contributed by atoms with Crippen LogP contribution in [0.25, 0.3) is 0 Å². The predicted molar refractivity (Wildman–Crippen MR) is 96.4 cm³/mol. The Morgan fingerprint density at radius 2 is 1.48 bits per heavy atom. The van der Waals surface area contributed by atoms with Crippen molar-refractivity contribution in [3.05, 3.63) is 58.6 Å². The van der Waals surface area contributed by atoms with Gasteiger partial charge in [-0.25, -0.2) is 0 Å². The second-order valence-electron chi connectivity index (χ2n) is 5.86. The molecule has 2 rings (SSSR count). The van der Waals surface area contributed by atoms with Crippen LogP contribution in [0.2, 0.25) is 0 Å². The molecule has 0 saturated carbocycles. The van der Waals surface area contributed by atoms with E-state index in [9.17, 15) is 9.59 Å². The first-order chi connectivity index (χ1) is 10.8. The van der Waals surface area contributed by atoms with Crippen LogP contribution in [0.1, 0.15) is 19.4 Å². The average molecular weight is 375 g/mol. The van der Waals surface area contributed by atoms with Gasteiger partial charge in [-0.05, 0) is 50.6 Å². The fourth-order valence-electron chi connectivity index (χ4n) is 1.87. The van der Waals surface area contributed by atoms with Crippen molar-refractivity contribution in [2.75, 3.05) is 10.6 Å². The molecule has 0 aliphatic carbocycles. The number of para-hydroxylation sites is 1. The number of benzene rings is 2. The highest BCUT2D eigenvalue weighted by atomic mass is 79.9. The smallest absolute Gasteiger partial charge is 0.239 e. The van der Waals surface area contributed by atoms with Crippen molar-refractivity contribution in [3.63, 3.8) is 0 Å². The summed E-state index contributed by atoms with van der Waals surface area (Å²) in [6.45, 7) is 5.17. The van der Waals surface area contributed by atoms with E-state index in [1.54, 1.807) is 26.0 Å². The summed E-state index contributed by atoms with van der Waals surface area (Å²) in [7, 11) is 0. The van der Waals surface area contributed by atoms with Crippen molar-refractivity contribution in [3.8, 4) is 0 Å². The summed E-state index contributed by atoms with van der Waals surface area (Å²) in [5.74, 6) is -0.714. The van der Waals surface area contributed by atoms with E-state index in [1.807, 2.05) is 43.3 Å². The van der Waals surface area contributed by atoms with Gasteiger partial charge in [0.15, 0.2) is 0 Å². The predicted octanol–water partition coefficient (Wildman–Crippen LogP) is 4.36. The summed E-state index contributed by atoms with van der Waals surface area (Å²) in [6, 6.07) is 14.6. The molecular formula is C18H19BrN2O2. The number of hydrogen-bond donors (Lipinski definition) is 2. The summed E-state index contributed by atoms with van der Waals surface area (Å²) in [5, 5.41) is 5.55. The van der Waals surface area contributed by atoms with E-state index in [0.717, 1.165) is 10.0 Å². The van der Waals surface area contributed by atoms with Crippen LogP contribution in [-0.2, 0) is 9.59 Å². The van der Waals surface area contributed by atoms with E-state index in [4.69, 9.17) is 0 Å². The van der Waals surface area contributed by atoms with Gasteiger partial charge in [0.05, 0.1) is 0 Å². The molecule has 23 heavy (non-hydrogen) atoms. The van der Waals surface area contributed by atoms with Crippen molar-refractivity contribution in [1.82, 2.24) is 0 Å². The molecule has 0 fully saturated rings. The molecule has 2 N–H and O–H groups in total. The largest absolute Gasteiger partial charge is 0.325 e. The SMILES string of the molecule is Cc1ccc(NC(=O)C(C)(C)C(=O)Nc2ccccc2)cc1Br. The summed E-state index contributed by atoms with van der Waals surface area (Å²) < 4.78 is 0.904. The van der Waals surface area contributed by atoms with Crippen molar-refractivity contribution >= 4 is 39.1 Å². The van der Waals surface area contributed by atoms with Gasteiger partial charge in [0.2, 0.25) is 11.8 Å². The highest BCUT2D eigenvalue weighted by Gasteiger charge is 2.36. The summed E-state index contributed by atoms with van der Waals surface area (Å²) >= 11 is 3.43. The number of carbonyl (C=O) groups is 2. The second kappa shape index (κ2) is 6.96. The lowest BCUT2D eigenvalue weighted by molar-refractivity contribution is -0.135. The van der Waals surface area contributed by atoms with Crippen LogP contribution in [0.15, 0.2) is 53.0 Å². The molecule has 0 atom stereocenters. The number of amides is 2. The molecule has 4 nitrogen and oxygen atoms in total. The Morgan fingerprint density at radius 3 is 2.04 bits per heavy atom. The zero-order chi connectivity index (χ0) is 17.0. The average Bonchev–Trinajstić information content (AvgIpc) is 2.51. The maximum Gasteiger partial charge on any atom is 0.239 e. The molecular weight excluding hydrogens is 356 g/mol. The van der Waals surface area contributed by atoms with Gasteiger partial charge in [0.25, 0.3) is 0 Å². The highest BCUT2D eigenvalue weighted by molar-refractivity contribution is 9.10. The van der Waals surface area contributed by atoms with Gasteiger partial charge in [-0.2, -0.15) is 0 Å². The Kier molecular flexibility index (Phi) is 5.21. The van der Waals surface area contributed by atoms with Gasteiger partial charge >= 0.3 is 0 Å². The summed E-state index contributed by atoms with van der Waals surface area (Å²) in [6.07, 6.45) is 0. The Labute approximate surface area is 144 Å². The Bertz CT molecular complexity index is 727. The topological polar surface area (TPSA) is 58.2 Å². The summed E-state index contributed by atoms with van der Waals surface area (Å²) in [4.78, 5) is 24.9. The minimum Gasteiger partial charge on any atom is -0.325 e. The standard InChI is InChI=1S/C18H19BrN2O2/c1-12-9-10-14(11-15(12)19)21-17(23)18(2,3)16(22)20-13-7-5-4-6-8-13/h4-11H,1-3H3,(H,20,22)(H,21,23). The van der Waals surface area contributed by atoms with Crippen LogP contribution in [0.5, 0.6) is 0 Å². The zero-order valence-corrected chi connectivity index (χ0v) is 14.9. The minimum absolute atomic E-state index is 0.354. The van der Waals surface area contributed by atoms with Gasteiger partial charge in [-0.1, -0.05) is 40.2 Å². The fraction of sp³-hybridized carbons (Fsp3) is 0.222.